The molecular weight excluding hydrogens is 743 g/mol. The highest BCUT2D eigenvalue weighted by Crippen LogP contribution is 2.37. The number of ether oxygens (including phenoxy) is 1. The molecule has 0 radical (unpaired) electrons. The van der Waals surface area contributed by atoms with Crippen LogP contribution in [0.4, 0.5) is 0 Å². The largest absolute Gasteiger partial charge is 0.481 e. The number of Topliss-reactive ketones (excluding diaryl/α,β-unsaturated/α-hetero) is 4. The highest BCUT2D eigenvalue weighted by atomic mass is 16.5. The van der Waals surface area contributed by atoms with Crippen molar-refractivity contribution in [2.24, 2.45) is 23.5 Å². The van der Waals surface area contributed by atoms with Gasteiger partial charge < -0.3 is 25.8 Å². The van der Waals surface area contributed by atoms with E-state index in [1.807, 2.05) is 27.7 Å². The molecule has 1 saturated carbocycles. The van der Waals surface area contributed by atoms with Gasteiger partial charge in [0.15, 0.2) is 17.3 Å². The Labute approximate surface area is 340 Å². The van der Waals surface area contributed by atoms with E-state index in [1.54, 1.807) is 54.6 Å². The molecule has 0 bridgehead atoms. The van der Waals surface area contributed by atoms with Crippen molar-refractivity contribution in [1.29, 1.82) is 0 Å². The van der Waals surface area contributed by atoms with Gasteiger partial charge in [-0.1, -0.05) is 81.1 Å². The van der Waals surface area contributed by atoms with Gasteiger partial charge in [-0.2, -0.15) is 0 Å². The van der Waals surface area contributed by atoms with Gasteiger partial charge in [-0.05, 0) is 63.1 Å². The summed E-state index contributed by atoms with van der Waals surface area (Å²) in [5, 5.41) is 11.8. The van der Waals surface area contributed by atoms with Crippen LogP contribution in [0.5, 0.6) is 0 Å². The highest BCUT2D eigenvalue weighted by molar-refractivity contribution is 6.38. The fourth-order valence-corrected chi connectivity index (χ4v) is 8.31. The molecule has 58 heavy (non-hydrogen) atoms. The number of benzene rings is 2. The number of amides is 3. The molecule has 13 heteroatoms. The summed E-state index contributed by atoms with van der Waals surface area (Å²) in [4.78, 5) is 107. The number of rotatable bonds is 21. The lowest BCUT2D eigenvalue weighted by molar-refractivity contribution is -0.144. The highest BCUT2D eigenvalue weighted by Gasteiger charge is 2.46. The fraction of sp³-hybridized carbons (Fsp3) is 0.556. The van der Waals surface area contributed by atoms with Gasteiger partial charge in [-0.25, -0.2) is 0 Å². The summed E-state index contributed by atoms with van der Waals surface area (Å²) in [6.07, 6.45) is 3.34. The molecule has 2 aromatic rings. The van der Waals surface area contributed by atoms with Gasteiger partial charge in [0.05, 0.1) is 24.2 Å². The first-order valence-electron chi connectivity index (χ1n) is 20.5. The summed E-state index contributed by atoms with van der Waals surface area (Å²) in [5.41, 5.74) is 6.19. The Bertz CT molecular complexity index is 1810. The maximum absolute atomic E-state index is 14.8. The average molecular weight is 802 g/mol. The molecule has 0 spiro atoms. The van der Waals surface area contributed by atoms with Crippen molar-refractivity contribution >= 4 is 46.8 Å². The number of ketones is 4. The minimum Gasteiger partial charge on any atom is -0.481 e. The van der Waals surface area contributed by atoms with Crippen LogP contribution in [0.2, 0.25) is 0 Å². The number of hydrogen-bond donors (Lipinski definition) is 3. The Kier molecular flexibility index (Phi) is 16.6. The normalized spacial score (nSPS) is 18.8. The number of primary amides is 1. The number of carbonyl (C=O) groups excluding carboxylic acids is 7. The molecule has 4 N–H and O–H groups in total. The van der Waals surface area contributed by atoms with Gasteiger partial charge in [-0.3, -0.25) is 38.4 Å². The van der Waals surface area contributed by atoms with E-state index in [0.29, 0.717) is 23.1 Å². The molecule has 1 aliphatic heterocycles. The Balaban J connectivity index is 1.51. The van der Waals surface area contributed by atoms with Crippen molar-refractivity contribution in [3.63, 3.8) is 0 Å². The van der Waals surface area contributed by atoms with Crippen molar-refractivity contribution in [3.05, 3.63) is 71.3 Å². The van der Waals surface area contributed by atoms with Crippen molar-refractivity contribution in [2.45, 2.75) is 135 Å². The number of nitrogens with one attached hydrogen (secondary N) is 1. The van der Waals surface area contributed by atoms with Gasteiger partial charge >= 0.3 is 5.97 Å². The van der Waals surface area contributed by atoms with Gasteiger partial charge in [0.2, 0.25) is 23.5 Å². The molecule has 1 unspecified atom stereocenters. The Hall–Kier alpha value is -5.04. The minimum absolute atomic E-state index is 0.0964. The van der Waals surface area contributed by atoms with Gasteiger partial charge in [0, 0.05) is 56.0 Å². The smallest absolute Gasteiger partial charge is 0.307 e. The Morgan fingerprint density at radius 3 is 2.22 bits per heavy atom. The van der Waals surface area contributed by atoms with Crippen LogP contribution in [0.1, 0.15) is 132 Å². The maximum atomic E-state index is 14.8. The molecule has 0 aromatic heterocycles. The molecule has 4 rings (SSSR count). The summed E-state index contributed by atoms with van der Waals surface area (Å²) in [6, 6.07) is 12.8. The van der Waals surface area contributed by atoms with Gasteiger partial charge in [0.1, 0.15) is 6.04 Å². The number of aliphatic carboxylic acids is 1. The second-order valence-corrected chi connectivity index (χ2v) is 16.8. The van der Waals surface area contributed by atoms with E-state index in [0.717, 1.165) is 32.1 Å². The SMILES string of the molecule is CCCC(CC(=O)[C@@H]1C[C@@H](OC(C)(C)C)CN1C(=O)[C@@H](CC(=O)c1cccc(CC(=O)O)c1)C1CCCCC1)C(=O)C(=O)CCC(=O)N[C@H](C(N)=O)c1ccccc1. The van der Waals surface area contributed by atoms with Crippen LogP contribution in [0, 0.1) is 17.8 Å². The molecule has 2 fully saturated rings. The molecule has 2 aliphatic rings. The van der Waals surface area contributed by atoms with E-state index in [4.69, 9.17) is 10.5 Å². The zero-order valence-corrected chi connectivity index (χ0v) is 34.2. The van der Waals surface area contributed by atoms with Gasteiger partial charge in [-0.15, -0.1) is 0 Å². The molecule has 1 aliphatic carbocycles. The number of carbonyl (C=O) groups is 8. The third-order valence-corrected chi connectivity index (χ3v) is 11.0. The molecule has 1 heterocycles. The van der Waals surface area contributed by atoms with Crippen molar-refractivity contribution in [1.82, 2.24) is 10.2 Å². The maximum Gasteiger partial charge on any atom is 0.307 e. The lowest BCUT2D eigenvalue weighted by atomic mass is 9.76. The Morgan fingerprint density at radius 2 is 1.60 bits per heavy atom. The van der Waals surface area contributed by atoms with Crippen LogP contribution in [-0.2, 0) is 44.7 Å². The summed E-state index contributed by atoms with van der Waals surface area (Å²) >= 11 is 0. The average Bonchev–Trinajstić information content (AvgIpc) is 3.60. The van der Waals surface area contributed by atoms with E-state index in [1.165, 1.54) is 4.90 Å². The fourth-order valence-electron chi connectivity index (χ4n) is 8.31. The molecule has 5 atom stereocenters. The van der Waals surface area contributed by atoms with Crippen LogP contribution in [-0.4, -0.2) is 81.1 Å². The standard InChI is InChI=1S/C45H59N3O10/c1-5-13-32(42(55)36(49)20-21-39(52)47-41(43(46)56)30-17-10-7-11-18-30)24-38(51)35-25-33(58-45(2,3)4)27-48(35)44(57)34(29-15-8-6-9-16-29)26-37(50)31-19-12-14-28(22-31)23-40(53)54/h7,10-12,14,17-19,22,29,32-35,41H,5-6,8-9,13,15-16,20-21,23-27H2,1-4H3,(H2,46,56)(H,47,52)(H,53,54)/t32?,33-,34+,35+,41+/m1/s1. The summed E-state index contributed by atoms with van der Waals surface area (Å²) in [6.45, 7) is 7.60. The van der Waals surface area contributed by atoms with Crippen LogP contribution in [0.15, 0.2) is 54.6 Å². The zero-order chi connectivity index (χ0) is 42.6. The number of nitrogens with zero attached hydrogens (tertiary/aromatic N) is 1. The number of likely N-dealkylation sites (tertiary alicyclic amines) is 1. The summed E-state index contributed by atoms with van der Waals surface area (Å²) < 4.78 is 6.29. The Morgan fingerprint density at radius 1 is 0.914 bits per heavy atom. The van der Waals surface area contributed by atoms with Gasteiger partial charge in [0.25, 0.3) is 0 Å². The lowest BCUT2D eigenvalue weighted by Crippen LogP contribution is -2.47. The topological polar surface area (TPSA) is 207 Å². The number of hydrogen-bond acceptors (Lipinski definition) is 9. The first kappa shape index (κ1) is 45.7. The summed E-state index contributed by atoms with van der Waals surface area (Å²) in [5.74, 6) is -6.81. The lowest BCUT2D eigenvalue weighted by Gasteiger charge is -2.34. The second-order valence-electron chi connectivity index (χ2n) is 16.8. The first-order chi connectivity index (χ1) is 27.5. The molecular formula is C45H59N3O10. The van der Waals surface area contributed by atoms with Crippen LogP contribution < -0.4 is 11.1 Å². The quantitative estimate of drug-likeness (QED) is 0.107. The first-order valence-corrected chi connectivity index (χ1v) is 20.5. The minimum atomic E-state index is -1.11. The molecule has 314 valence electrons. The van der Waals surface area contributed by atoms with Crippen LogP contribution in [0.3, 0.4) is 0 Å². The zero-order valence-electron chi connectivity index (χ0n) is 34.2. The van der Waals surface area contributed by atoms with Crippen LogP contribution >= 0.6 is 0 Å². The van der Waals surface area contributed by atoms with E-state index < -0.39 is 71.4 Å². The van der Waals surface area contributed by atoms with Crippen molar-refractivity contribution in [3.8, 4) is 0 Å². The molecule has 2 aromatic carbocycles. The number of carboxylic acid groups (broad SMARTS) is 1. The third-order valence-electron chi connectivity index (χ3n) is 11.0. The molecule has 1 saturated heterocycles. The summed E-state index contributed by atoms with van der Waals surface area (Å²) in [7, 11) is 0. The molecule has 3 amide bonds. The third kappa shape index (κ3) is 13.3. The van der Waals surface area contributed by atoms with E-state index in [2.05, 4.69) is 5.32 Å². The predicted molar refractivity (Wildman–Crippen MR) is 215 cm³/mol. The van der Waals surface area contributed by atoms with E-state index in [9.17, 15) is 43.5 Å². The number of carboxylic acids is 1. The predicted octanol–water partition coefficient (Wildman–Crippen LogP) is 5.50. The molecule has 13 nitrogen and oxygen atoms in total. The number of nitrogens with two attached hydrogens (primary N) is 1. The van der Waals surface area contributed by atoms with E-state index >= 15 is 0 Å². The van der Waals surface area contributed by atoms with E-state index in [-0.39, 0.29) is 68.5 Å². The van der Waals surface area contributed by atoms with Crippen LogP contribution in [0.25, 0.3) is 0 Å². The van der Waals surface area contributed by atoms with Crippen molar-refractivity contribution in [2.75, 3.05) is 6.54 Å². The monoisotopic (exact) mass is 801 g/mol. The second kappa shape index (κ2) is 21.1. The van der Waals surface area contributed by atoms with Crippen molar-refractivity contribution < 1.29 is 48.2 Å².